The van der Waals surface area contributed by atoms with Gasteiger partial charge in [-0.05, 0) is 12.1 Å². The molecule has 1 aliphatic rings. The molecule has 1 heterocycles. The SMILES string of the molecule is O=C1CCC(=O)N1CNc1ccc([N+](=O)[O-])cc1. The van der Waals surface area contributed by atoms with Gasteiger partial charge in [0.15, 0.2) is 0 Å². The Morgan fingerprint density at radius 3 is 2.22 bits per heavy atom. The van der Waals surface area contributed by atoms with E-state index in [0.717, 1.165) is 4.90 Å². The average molecular weight is 249 g/mol. The number of anilines is 1. The van der Waals surface area contributed by atoms with Crippen molar-refractivity contribution in [2.75, 3.05) is 12.0 Å². The number of hydrogen-bond acceptors (Lipinski definition) is 5. The first kappa shape index (κ1) is 12.0. The van der Waals surface area contributed by atoms with Crippen molar-refractivity contribution in [2.24, 2.45) is 0 Å². The first-order valence-electron chi connectivity index (χ1n) is 5.39. The summed E-state index contributed by atoms with van der Waals surface area (Å²) >= 11 is 0. The quantitative estimate of drug-likeness (QED) is 0.490. The number of nitrogens with zero attached hydrogens (tertiary/aromatic N) is 2. The summed E-state index contributed by atoms with van der Waals surface area (Å²) in [5.41, 5.74) is 0.613. The Morgan fingerprint density at radius 2 is 1.72 bits per heavy atom. The fourth-order valence-electron chi connectivity index (χ4n) is 1.67. The molecule has 0 radical (unpaired) electrons. The number of nitrogens with one attached hydrogen (secondary N) is 1. The Morgan fingerprint density at radius 1 is 1.17 bits per heavy atom. The van der Waals surface area contributed by atoms with Crippen LogP contribution in [-0.4, -0.2) is 28.3 Å². The zero-order valence-corrected chi connectivity index (χ0v) is 9.46. The molecule has 2 rings (SSSR count). The van der Waals surface area contributed by atoms with E-state index in [1.807, 2.05) is 0 Å². The molecular formula is C11H11N3O4. The molecule has 18 heavy (non-hydrogen) atoms. The van der Waals surface area contributed by atoms with E-state index < -0.39 is 4.92 Å². The zero-order valence-electron chi connectivity index (χ0n) is 9.46. The van der Waals surface area contributed by atoms with Crippen molar-refractivity contribution in [3.05, 3.63) is 34.4 Å². The molecular weight excluding hydrogens is 238 g/mol. The molecule has 7 nitrogen and oxygen atoms in total. The molecule has 0 atom stereocenters. The lowest BCUT2D eigenvalue weighted by Crippen LogP contribution is -2.33. The van der Waals surface area contributed by atoms with E-state index in [4.69, 9.17) is 0 Å². The third-order valence-corrected chi connectivity index (χ3v) is 2.67. The fourth-order valence-corrected chi connectivity index (χ4v) is 1.67. The normalized spacial score (nSPS) is 15.0. The summed E-state index contributed by atoms with van der Waals surface area (Å²) in [4.78, 5) is 33.8. The summed E-state index contributed by atoms with van der Waals surface area (Å²) < 4.78 is 0. The highest BCUT2D eigenvalue weighted by Crippen LogP contribution is 2.16. The van der Waals surface area contributed by atoms with Gasteiger partial charge in [0.1, 0.15) is 0 Å². The molecule has 94 valence electrons. The van der Waals surface area contributed by atoms with Crippen LogP contribution < -0.4 is 5.32 Å². The molecule has 1 fully saturated rings. The predicted octanol–water partition coefficient (Wildman–Crippen LogP) is 1.11. The summed E-state index contributed by atoms with van der Waals surface area (Å²) in [6.45, 7) is 0.0927. The van der Waals surface area contributed by atoms with Crippen LogP contribution in [0.1, 0.15) is 12.8 Å². The molecule has 1 aliphatic heterocycles. The second-order valence-corrected chi connectivity index (χ2v) is 3.85. The van der Waals surface area contributed by atoms with Crippen LogP contribution >= 0.6 is 0 Å². The van der Waals surface area contributed by atoms with Gasteiger partial charge in [-0.2, -0.15) is 0 Å². The Balaban J connectivity index is 1.96. The molecule has 1 saturated heterocycles. The number of carbonyl (C=O) groups is 2. The maximum absolute atomic E-state index is 11.3. The topological polar surface area (TPSA) is 92.6 Å². The Labute approximate surface area is 103 Å². The lowest BCUT2D eigenvalue weighted by molar-refractivity contribution is -0.384. The Bertz CT molecular complexity index is 482. The van der Waals surface area contributed by atoms with Crippen LogP contribution in [0.2, 0.25) is 0 Å². The first-order valence-corrected chi connectivity index (χ1v) is 5.39. The number of benzene rings is 1. The molecule has 0 spiro atoms. The first-order chi connectivity index (χ1) is 8.58. The third kappa shape index (κ3) is 2.45. The molecule has 7 heteroatoms. The molecule has 0 aliphatic carbocycles. The molecule has 2 amide bonds. The number of amides is 2. The summed E-state index contributed by atoms with van der Waals surface area (Å²) in [5.74, 6) is -0.399. The lowest BCUT2D eigenvalue weighted by atomic mass is 10.3. The van der Waals surface area contributed by atoms with Crippen molar-refractivity contribution in [3.63, 3.8) is 0 Å². The average Bonchev–Trinajstić information content (AvgIpc) is 2.67. The summed E-state index contributed by atoms with van der Waals surface area (Å²) in [5, 5.41) is 13.3. The van der Waals surface area contributed by atoms with Crippen LogP contribution in [0.25, 0.3) is 0 Å². The lowest BCUT2D eigenvalue weighted by Gasteiger charge is -2.15. The fraction of sp³-hybridized carbons (Fsp3) is 0.273. The minimum Gasteiger partial charge on any atom is -0.367 e. The number of non-ortho nitro benzene ring substituents is 1. The van der Waals surface area contributed by atoms with Gasteiger partial charge in [-0.3, -0.25) is 24.6 Å². The van der Waals surface area contributed by atoms with E-state index in [2.05, 4.69) is 5.32 Å². The van der Waals surface area contributed by atoms with Crippen molar-refractivity contribution >= 4 is 23.2 Å². The smallest absolute Gasteiger partial charge is 0.269 e. The molecule has 0 saturated carbocycles. The van der Waals surface area contributed by atoms with Crippen LogP contribution in [-0.2, 0) is 9.59 Å². The van der Waals surface area contributed by atoms with E-state index in [0.29, 0.717) is 5.69 Å². The van der Waals surface area contributed by atoms with Gasteiger partial charge < -0.3 is 5.32 Å². The van der Waals surface area contributed by atoms with Crippen molar-refractivity contribution in [1.82, 2.24) is 4.90 Å². The van der Waals surface area contributed by atoms with Gasteiger partial charge in [-0.1, -0.05) is 0 Å². The van der Waals surface area contributed by atoms with E-state index in [1.165, 1.54) is 24.3 Å². The number of nitro benzene ring substituents is 1. The van der Waals surface area contributed by atoms with Gasteiger partial charge >= 0.3 is 0 Å². The van der Waals surface area contributed by atoms with E-state index in [-0.39, 0.29) is 37.0 Å². The minimum absolute atomic E-state index is 0.00567. The zero-order chi connectivity index (χ0) is 13.1. The van der Waals surface area contributed by atoms with Crippen molar-refractivity contribution < 1.29 is 14.5 Å². The van der Waals surface area contributed by atoms with Gasteiger partial charge in [-0.15, -0.1) is 0 Å². The Kier molecular flexibility index (Phi) is 3.22. The summed E-state index contributed by atoms with van der Waals surface area (Å²) in [6.07, 6.45) is 0.502. The van der Waals surface area contributed by atoms with Crippen molar-refractivity contribution in [3.8, 4) is 0 Å². The van der Waals surface area contributed by atoms with Crippen LogP contribution in [0.15, 0.2) is 24.3 Å². The number of imide groups is 1. The molecule has 0 unspecified atom stereocenters. The molecule has 1 aromatic rings. The second-order valence-electron chi connectivity index (χ2n) is 3.85. The van der Waals surface area contributed by atoms with Gasteiger partial charge in [0.2, 0.25) is 11.8 Å². The maximum atomic E-state index is 11.3. The molecule has 0 aromatic heterocycles. The van der Waals surface area contributed by atoms with Crippen LogP contribution in [0, 0.1) is 10.1 Å². The molecule has 1 N–H and O–H groups in total. The number of carbonyl (C=O) groups excluding carboxylic acids is 2. The summed E-state index contributed by atoms with van der Waals surface area (Å²) in [7, 11) is 0. The van der Waals surface area contributed by atoms with Crippen LogP contribution in [0.5, 0.6) is 0 Å². The number of hydrogen-bond donors (Lipinski definition) is 1. The monoisotopic (exact) mass is 249 g/mol. The summed E-state index contributed by atoms with van der Waals surface area (Å²) in [6, 6.07) is 5.78. The third-order valence-electron chi connectivity index (χ3n) is 2.67. The highest BCUT2D eigenvalue weighted by molar-refractivity contribution is 6.02. The Hall–Kier alpha value is -2.44. The van der Waals surface area contributed by atoms with Crippen molar-refractivity contribution in [1.29, 1.82) is 0 Å². The highest BCUT2D eigenvalue weighted by Gasteiger charge is 2.28. The molecule has 0 bridgehead atoms. The minimum atomic E-state index is -0.489. The van der Waals surface area contributed by atoms with Crippen LogP contribution in [0.4, 0.5) is 11.4 Å². The number of rotatable bonds is 4. The number of nitro groups is 1. The molecule has 1 aromatic carbocycles. The second kappa shape index (κ2) is 4.82. The van der Waals surface area contributed by atoms with Gasteiger partial charge in [0, 0.05) is 30.7 Å². The highest BCUT2D eigenvalue weighted by atomic mass is 16.6. The predicted molar refractivity (Wildman–Crippen MR) is 62.7 cm³/mol. The number of likely N-dealkylation sites (tertiary alicyclic amines) is 1. The van der Waals surface area contributed by atoms with Gasteiger partial charge in [0.05, 0.1) is 11.6 Å². The van der Waals surface area contributed by atoms with E-state index >= 15 is 0 Å². The van der Waals surface area contributed by atoms with Gasteiger partial charge in [0.25, 0.3) is 5.69 Å². The largest absolute Gasteiger partial charge is 0.367 e. The maximum Gasteiger partial charge on any atom is 0.269 e. The van der Waals surface area contributed by atoms with Gasteiger partial charge in [-0.25, -0.2) is 0 Å². The van der Waals surface area contributed by atoms with Crippen molar-refractivity contribution in [2.45, 2.75) is 12.8 Å². The standard InChI is InChI=1S/C11H11N3O4/c15-10-5-6-11(16)13(10)7-12-8-1-3-9(4-2-8)14(17)18/h1-4,12H,5-7H2. The van der Waals surface area contributed by atoms with Crippen LogP contribution in [0.3, 0.4) is 0 Å². The van der Waals surface area contributed by atoms with E-state index in [9.17, 15) is 19.7 Å². The van der Waals surface area contributed by atoms with E-state index in [1.54, 1.807) is 0 Å².